The minimum atomic E-state index is -1.12. The third-order valence-electron chi connectivity index (χ3n) is 2.75. The fourth-order valence-electron chi connectivity index (χ4n) is 1.83. The molecule has 1 amide bonds. The van der Waals surface area contributed by atoms with Crippen LogP contribution in [0.2, 0.25) is 0 Å². The number of nitrogens with one attached hydrogen (secondary N) is 1. The number of hydrogen-bond acceptors (Lipinski definition) is 4. The zero-order valence-electron chi connectivity index (χ0n) is 12.6. The van der Waals surface area contributed by atoms with Gasteiger partial charge in [-0.15, -0.1) is 0 Å². The highest BCUT2D eigenvalue weighted by Gasteiger charge is 2.24. The third-order valence-corrected chi connectivity index (χ3v) is 2.75. The average Bonchev–Trinajstić information content (AvgIpc) is 2.36. The molecule has 0 fully saturated rings. The van der Waals surface area contributed by atoms with Crippen molar-refractivity contribution >= 4 is 12.1 Å². The molecule has 0 saturated heterocycles. The van der Waals surface area contributed by atoms with Gasteiger partial charge < -0.3 is 20.9 Å². The van der Waals surface area contributed by atoms with Crippen molar-refractivity contribution in [2.45, 2.75) is 45.4 Å². The van der Waals surface area contributed by atoms with E-state index in [2.05, 4.69) is 5.32 Å². The Balaban J connectivity index is 2.79. The maximum atomic E-state index is 11.7. The van der Waals surface area contributed by atoms with Crippen LogP contribution in [-0.2, 0) is 22.5 Å². The van der Waals surface area contributed by atoms with Crippen LogP contribution in [0, 0.1) is 0 Å². The fraction of sp³-hybridized carbons (Fsp3) is 0.467. The van der Waals surface area contributed by atoms with Crippen molar-refractivity contribution in [2.75, 3.05) is 0 Å². The minimum absolute atomic E-state index is 0.155. The van der Waals surface area contributed by atoms with E-state index < -0.39 is 23.7 Å². The molecule has 1 aromatic carbocycles. The van der Waals surface area contributed by atoms with Gasteiger partial charge in [0.15, 0.2) is 0 Å². The zero-order chi connectivity index (χ0) is 16.0. The van der Waals surface area contributed by atoms with Crippen molar-refractivity contribution in [1.29, 1.82) is 0 Å². The molecular formula is C15H22N2O4. The van der Waals surface area contributed by atoms with Gasteiger partial charge in [0.2, 0.25) is 0 Å². The van der Waals surface area contributed by atoms with Crippen molar-refractivity contribution in [2.24, 2.45) is 5.73 Å². The maximum absolute atomic E-state index is 11.7. The number of carbonyl (C=O) groups excluding carboxylic acids is 1. The average molecular weight is 294 g/mol. The van der Waals surface area contributed by atoms with E-state index in [0.29, 0.717) is 6.54 Å². The molecule has 0 spiro atoms. The fourth-order valence-corrected chi connectivity index (χ4v) is 1.83. The number of hydrogen-bond donors (Lipinski definition) is 3. The summed E-state index contributed by atoms with van der Waals surface area (Å²) in [4.78, 5) is 23.0. The first-order valence-electron chi connectivity index (χ1n) is 6.72. The molecule has 4 N–H and O–H groups in total. The van der Waals surface area contributed by atoms with Crippen LogP contribution in [0.3, 0.4) is 0 Å². The van der Waals surface area contributed by atoms with Gasteiger partial charge in [0, 0.05) is 13.0 Å². The first kappa shape index (κ1) is 17.0. The van der Waals surface area contributed by atoms with Gasteiger partial charge in [-0.25, -0.2) is 9.59 Å². The van der Waals surface area contributed by atoms with E-state index >= 15 is 0 Å². The van der Waals surface area contributed by atoms with Gasteiger partial charge in [0.1, 0.15) is 11.6 Å². The number of rotatable bonds is 5. The smallest absolute Gasteiger partial charge is 0.408 e. The topological polar surface area (TPSA) is 102 Å². The Bertz CT molecular complexity index is 509. The third kappa shape index (κ3) is 5.83. The van der Waals surface area contributed by atoms with E-state index in [1.54, 1.807) is 32.9 Å². The number of carbonyl (C=O) groups is 2. The number of nitrogens with two attached hydrogens (primary N) is 1. The summed E-state index contributed by atoms with van der Waals surface area (Å²) in [7, 11) is 0. The molecule has 6 nitrogen and oxygen atoms in total. The number of alkyl carbamates (subject to hydrolysis) is 1. The Hall–Kier alpha value is -2.08. The molecule has 0 aliphatic heterocycles. The molecule has 0 bridgehead atoms. The molecule has 0 unspecified atom stereocenters. The molecule has 0 aromatic heterocycles. The molecule has 0 heterocycles. The lowest BCUT2D eigenvalue weighted by atomic mass is 10.0. The summed E-state index contributed by atoms with van der Waals surface area (Å²) in [6, 6.07) is 6.22. The Kier molecular flexibility index (Phi) is 5.72. The first-order chi connectivity index (χ1) is 9.73. The van der Waals surface area contributed by atoms with Crippen molar-refractivity contribution < 1.29 is 19.4 Å². The number of carboxylic acid groups (broad SMARTS) is 1. The molecule has 1 rings (SSSR count). The van der Waals surface area contributed by atoms with Crippen molar-refractivity contribution in [3.05, 3.63) is 35.4 Å². The van der Waals surface area contributed by atoms with Gasteiger partial charge in [-0.2, -0.15) is 0 Å². The Morgan fingerprint density at radius 3 is 2.33 bits per heavy atom. The SMILES string of the molecule is CC(C)(C)OC(=O)N[C@@H](Cc1ccccc1CN)C(=O)O. The summed E-state index contributed by atoms with van der Waals surface area (Å²) < 4.78 is 5.07. The van der Waals surface area contributed by atoms with E-state index in [0.717, 1.165) is 11.1 Å². The van der Waals surface area contributed by atoms with Gasteiger partial charge in [-0.3, -0.25) is 0 Å². The summed E-state index contributed by atoms with van der Waals surface area (Å²) in [6.45, 7) is 5.46. The van der Waals surface area contributed by atoms with Crippen molar-refractivity contribution in [3.8, 4) is 0 Å². The highest BCUT2D eigenvalue weighted by molar-refractivity contribution is 5.80. The monoisotopic (exact) mass is 294 g/mol. The Morgan fingerprint density at radius 1 is 1.29 bits per heavy atom. The summed E-state index contributed by atoms with van der Waals surface area (Å²) in [5.74, 6) is -1.12. The zero-order valence-corrected chi connectivity index (χ0v) is 12.6. The van der Waals surface area contributed by atoms with E-state index in [9.17, 15) is 14.7 Å². The molecule has 0 radical (unpaired) electrons. The molecule has 116 valence electrons. The predicted molar refractivity (Wildman–Crippen MR) is 78.8 cm³/mol. The summed E-state index contributed by atoms with van der Waals surface area (Å²) >= 11 is 0. The van der Waals surface area contributed by atoms with Crippen LogP contribution in [0.5, 0.6) is 0 Å². The molecule has 21 heavy (non-hydrogen) atoms. The normalized spacial score (nSPS) is 12.6. The van der Waals surface area contributed by atoms with Crippen molar-refractivity contribution in [3.63, 3.8) is 0 Å². The number of benzene rings is 1. The molecule has 1 aromatic rings. The van der Waals surface area contributed by atoms with Gasteiger partial charge in [0.25, 0.3) is 0 Å². The summed E-state index contributed by atoms with van der Waals surface area (Å²) in [5, 5.41) is 11.6. The highest BCUT2D eigenvalue weighted by atomic mass is 16.6. The van der Waals surface area contributed by atoms with Crippen LogP contribution in [0.15, 0.2) is 24.3 Å². The van der Waals surface area contributed by atoms with E-state index in [1.165, 1.54) is 0 Å². The lowest BCUT2D eigenvalue weighted by Crippen LogP contribution is -2.44. The van der Waals surface area contributed by atoms with E-state index in [-0.39, 0.29) is 6.42 Å². The Labute approximate surface area is 124 Å². The molecule has 1 atom stereocenters. The standard InChI is InChI=1S/C15H22N2O4/c1-15(2,3)21-14(20)17-12(13(18)19)8-10-6-4-5-7-11(10)9-16/h4-7,12H,8-9,16H2,1-3H3,(H,17,20)(H,18,19)/t12-/m0/s1. The molecule has 0 saturated carbocycles. The second-order valence-corrected chi connectivity index (χ2v) is 5.71. The van der Waals surface area contributed by atoms with Crippen LogP contribution in [0.25, 0.3) is 0 Å². The van der Waals surface area contributed by atoms with Crippen LogP contribution < -0.4 is 11.1 Å². The van der Waals surface area contributed by atoms with Crippen LogP contribution in [-0.4, -0.2) is 28.8 Å². The predicted octanol–water partition coefficient (Wildman–Crippen LogP) is 1.67. The van der Waals surface area contributed by atoms with Gasteiger partial charge >= 0.3 is 12.1 Å². The quantitative estimate of drug-likeness (QED) is 0.766. The number of aliphatic carboxylic acids is 1. The molecular weight excluding hydrogens is 272 g/mol. The van der Waals surface area contributed by atoms with Crippen LogP contribution >= 0.6 is 0 Å². The lowest BCUT2D eigenvalue weighted by molar-refractivity contribution is -0.139. The van der Waals surface area contributed by atoms with Crippen LogP contribution in [0.1, 0.15) is 31.9 Å². The van der Waals surface area contributed by atoms with Gasteiger partial charge in [-0.05, 0) is 31.9 Å². The second-order valence-electron chi connectivity index (χ2n) is 5.71. The van der Waals surface area contributed by atoms with E-state index in [1.807, 2.05) is 12.1 Å². The number of amides is 1. The first-order valence-corrected chi connectivity index (χ1v) is 6.72. The summed E-state index contributed by atoms with van der Waals surface area (Å²) in [5.41, 5.74) is 6.60. The van der Waals surface area contributed by atoms with E-state index in [4.69, 9.17) is 10.5 Å². The van der Waals surface area contributed by atoms with Gasteiger partial charge in [-0.1, -0.05) is 24.3 Å². The van der Waals surface area contributed by atoms with Crippen LogP contribution in [0.4, 0.5) is 4.79 Å². The summed E-state index contributed by atoms with van der Waals surface area (Å²) in [6.07, 6.45) is -0.595. The second kappa shape index (κ2) is 7.08. The Morgan fingerprint density at radius 2 is 1.86 bits per heavy atom. The van der Waals surface area contributed by atoms with Gasteiger partial charge in [0.05, 0.1) is 0 Å². The minimum Gasteiger partial charge on any atom is -0.480 e. The maximum Gasteiger partial charge on any atom is 0.408 e. The van der Waals surface area contributed by atoms with Crippen molar-refractivity contribution in [1.82, 2.24) is 5.32 Å². The largest absolute Gasteiger partial charge is 0.480 e. The number of carboxylic acids is 1. The molecule has 6 heteroatoms. The number of ether oxygens (including phenoxy) is 1. The molecule has 0 aliphatic rings. The highest BCUT2D eigenvalue weighted by Crippen LogP contribution is 2.12. The lowest BCUT2D eigenvalue weighted by Gasteiger charge is -2.22. The molecule has 0 aliphatic carbocycles.